The molecular formula is C12H22O4. The van der Waals surface area contributed by atoms with Gasteiger partial charge in [0, 0.05) is 6.08 Å². The van der Waals surface area contributed by atoms with Crippen molar-refractivity contribution >= 4 is 5.97 Å². The molecule has 0 aromatic heterocycles. The summed E-state index contributed by atoms with van der Waals surface area (Å²) < 4.78 is 4.71. The highest BCUT2D eigenvalue weighted by molar-refractivity contribution is 5.81. The van der Waals surface area contributed by atoms with Gasteiger partial charge in [-0.1, -0.05) is 6.08 Å². The predicted octanol–water partition coefficient (Wildman–Crippen LogP) is 1.41. The SMILES string of the molecule is CCOC(=O)/C=C/CCCC(O)C(C)(C)O. The molecule has 4 nitrogen and oxygen atoms in total. The number of rotatable bonds is 7. The molecule has 0 heterocycles. The zero-order valence-electron chi connectivity index (χ0n) is 10.3. The van der Waals surface area contributed by atoms with E-state index in [0.29, 0.717) is 19.4 Å². The molecule has 0 saturated carbocycles. The normalized spacial score (nSPS) is 14.1. The first-order chi connectivity index (χ1) is 7.38. The van der Waals surface area contributed by atoms with Gasteiger partial charge in [-0.2, -0.15) is 0 Å². The van der Waals surface area contributed by atoms with Gasteiger partial charge < -0.3 is 14.9 Å². The zero-order valence-corrected chi connectivity index (χ0v) is 10.3. The molecule has 1 atom stereocenters. The molecule has 0 aliphatic rings. The third-order valence-electron chi connectivity index (χ3n) is 2.20. The van der Waals surface area contributed by atoms with E-state index in [1.54, 1.807) is 26.8 Å². The Morgan fingerprint density at radius 1 is 1.50 bits per heavy atom. The Morgan fingerprint density at radius 3 is 2.62 bits per heavy atom. The molecular weight excluding hydrogens is 208 g/mol. The highest BCUT2D eigenvalue weighted by Gasteiger charge is 2.23. The summed E-state index contributed by atoms with van der Waals surface area (Å²) in [6.45, 7) is 5.28. The summed E-state index contributed by atoms with van der Waals surface area (Å²) >= 11 is 0. The number of aliphatic hydroxyl groups excluding tert-OH is 1. The van der Waals surface area contributed by atoms with Crippen LogP contribution in [0.5, 0.6) is 0 Å². The fraction of sp³-hybridized carbons (Fsp3) is 0.750. The number of esters is 1. The molecule has 4 heteroatoms. The lowest BCUT2D eigenvalue weighted by molar-refractivity contribution is -0.137. The smallest absolute Gasteiger partial charge is 0.330 e. The Hall–Kier alpha value is -0.870. The molecule has 16 heavy (non-hydrogen) atoms. The second-order valence-corrected chi connectivity index (χ2v) is 4.25. The quantitative estimate of drug-likeness (QED) is 0.394. The minimum atomic E-state index is -1.06. The number of hydrogen-bond donors (Lipinski definition) is 2. The Kier molecular flexibility index (Phi) is 7.01. The van der Waals surface area contributed by atoms with E-state index in [1.807, 2.05) is 0 Å². The molecule has 2 N–H and O–H groups in total. The Bertz CT molecular complexity index is 228. The number of allylic oxidation sites excluding steroid dienone is 1. The summed E-state index contributed by atoms with van der Waals surface area (Å²) in [6.07, 6.45) is 4.29. The fourth-order valence-electron chi connectivity index (χ4n) is 1.15. The first-order valence-corrected chi connectivity index (χ1v) is 5.61. The molecule has 1 unspecified atom stereocenters. The van der Waals surface area contributed by atoms with Crippen molar-refractivity contribution in [3.63, 3.8) is 0 Å². The van der Waals surface area contributed by atoms with Crippen molar-refractivity contribution in [2.75, 3.05) is 6.61 Å². The van der Waals surface area contributed by atoms with Gasteiger partial charge in [0.2, 0.25) is 0 Å². The molecule has 0 amide bonds. The number of unbranched alkanes of at least 4 members (excludes halogenated alkanes) is 1. The molecule has 0 saturated heterocycles. The van der Waals surface area contributed by atoms with Crippen LogP contribution in [-0.4, -0.2) is 34.5 Å². The van der Waals surface area contributed by atoms with E-state index >= 15 is 0 Å². The van der Waals surface area contributed by atoms with Crippen molar-refractivity contribution in [2.24, 2.45) is 0 Å². The summed E-state index contributed by atoms with van der Waals surface area (Å²) in [5, 5.41) is 19.0. The molecule has 0 aliphatic heterocycles. The first kappa shape index (κ1) is 15.1. The van der Waals surface area contributed by atoms with Crippen LogP contribution in [0, 0.1) is 0 Å². The van der Waals surface area contributed by atoms with E-state index in [9.17, 15) is 15.0 Å². The third-order valence-corrected chi connectivity index (χ3v) is 2.20. The number of aliphatic hydroxyl groups is 2. The molecule has 0 aromatic carbocycles. The van der Waals surface area contributed by atoms with Crippen LogP contribution in [0.1, 0.15) is 40.0 Å². The molecule has 0 rings (SSSR count). The Labute approximate surface area is 96.9 Å². The third kappa shape index (κ3) is 7.43. The summed E-state index contributed by atoms with van der Waals surface area (Å²) in [6, 6.07) is 0. The average molecular weight is 230 g/mol. The number of ether oxygens (including phenoxy) is 1. The lowest BCUT2D eigenvalue weighted by Crippen LogP contribution is -2.35. The standard InChI is InChI=1S/C12H22O4/c1-4-16-11(14)9-7-5-6-8-10(13)12(2,3)15/h7,9-10,13,15H,4-6,8H2,1-3H3/b9-7+. The summed E-state index contributed by atoms with van der Waals surface area (Å²) in [4.78, 5) is 10.9. The summed E-state index contributed by atoms with van der Waals surface area (Å²) in [5.74, 6) is -0.342. The van der Waals surface area contributed by atoms with Crippen LogP contribution in [0.4, 0.5) is 0 Å². The Balaban J connectivity index is 3.64. The van der Waals surface area contributed by atoms with Gasteiger partial charge in [0.1, 0.15) is 0 Å². The van der Waals surface area contributed by atoms with Crippen molar-refractivity contribution in [2.45, 2.75) is 51.7 Å². The predicted molar refractivity (Wildman–Crippen MR) is 61.9 cm³/mol. The van der Waals surface area contributed by atoms with Gasteiger partial charge in [-0.25, -0.2) is 4.79 Å². The van der Waals surface area contributed by atoms with Crippen LogP contribution in [0.15, 0.2) is 12.2 Å². The zero-order chi connectivity index (χ0) is 12.6. The van der Waals surface area contributed by atoms with Crippen molar-refractivity contribution in [1.29, 1.82) is 0 Å². The van der Waals surface area contributed by atoms with Crippen LogP contribution in [0.3, 0.4) is 0 Å². The monoisotopic (exact) mass is 230 g/mol. The topological polar surface area (TPSA) is 66.8 Å². The lowest BCUT2D eigenvalue weighted by Gasteiger charge is -2.24. The molecule has 0 bridgehead atoms. The summed E-state index contributed by atoms with van der Waals surface area (Å²) in [7, 11) is 0. The number of carbonyl (C=O) groups excluding carboxylic acids is 1. The lowest BCUT2D eigenvalue weighted by atomic mass is 9.97. The van der Waals surface area contributed by atoms with Crippen LogP contribution in [-0.2, 0) is 9.53 Å². The van der Waals surface area contributed by atoms with E-state index in [2.05, 4.69) is 0 Å². The highest BCUT2D eigenvalue weighted by Crippen LogP contribution is 2.14. The van der Waals surface area contributed by atoms with Crippen LogP contribution >= 0.6 is 0 Å². The average Bonchev–Trinajstić information content (AvgIpc) is 2.16. The maximum atomic E-state index is 10.9. The fourth-order valence-corrected chi connectivity index (χ4v) is 1.15. The van der Waals surface area contributed by atoms with Crippen molar-refractivity contribution < 1.29 is 19.7 Å². The van der Waals surface area contributed by atoms with Gasteiger partial charge in [0.15, 0.2) is 0 Å². The maximum absolute atomic E-state index is 10.9. The van der Waals surface area contributed by atoms with E-state index < -0.39 is 11.7 Å². The van der Waals surface area contributed by atoms with Crippen molar-refractivity contribution in [3.8, 4) is 0 Å². The number of hydrogen-bond acceptors (Lipinski definition) is 4. The van der Waals surface area contributed by atoms with Gasteiger partial charge in [-0.3, -0.25) is 0 Å². The Morgan fingerprint density at radius 2 is 2.12 bits per heavy atom. The van der Waals surface area contributed by atoms with E-state index in [0.717, 1.165) is 6.42 Å². The van der Waals surface area contributed by atoms with Crippen LogP contribution < -0.4 is 0 Å². The largest absolute Gasteiger partial charge is 0.463 e. The minimum Gasteiger partial charge on any atom is -0.463 e. The summed E-state index contributed by atoms with van der Waals surface area (Å²) in [5.41, 5.74) is -1.06. The highest BCUT2D eigenvalue weighted by atomic mass is 16.5. The second-order valence-electron chi connectivity index (χ2n) is 4.25. The van der Waals surface area contributed by atoms with E-state index in [1.165, 1.54) is 6.08 Å². The number of carbonyl (C=O) groups is 1. The van der Waals surface area contributed by atoms with Gasteiger partial charge in [0.25, 0.3) is 0 Å². The molecule has 0 aliphatic carbocycles. The molecule has 94 valence electrons. The van der Waals surface area contributed by atoms with Crippen molar-refractivity contribution in [3.05, 3.63) is 12.2 Å². The van der Waals surface area contributed by atoms with Crippen molar-refractivity contribution in [1.82, 2.24) is 0 Å². The van der Waals surface area contributed by atoms with Crippen LogP contribution in [0.2, 0.25) is 0 Å². The van der Waals surface area contributed by atoms with E-state index in [-0.39, 0.29) is 5.97 Å². The minimum absolute atomic E-state index is 0.342. The van der Waals surface area contributed by atoms with E-state index in [4.69, 9.17) is 4.74 Å². The van der Waals surface area contributed by atoms with Gasteiger partial charge in [-0.15, -0.1) is 0 Å². The second kappa shape index (κ2) is 7.41. The van der Waals surface area contributed by atoms with Gasteiger partial charge in [-0.05, 0) is 40.0 Å². The molecule has 0 fully saturated rings. The molecule has 0 spiro atoms. The van der Waals surface area contributed by atoms with Gasteiger partial charge >= 0.3 is 5.97 Å². The molecule has 0 radical (unpaired) electrons. The van der Waals surface area contributed by atoms with Gasteiger partial charge in [0.05, 0.1) is 18.3 Å². The molecule has 0 aromatic rings. The first-order valence-electron chi connectivity index (χ1n) is 5.61. The maximum Gasteiger partial charge on any atom is 0.330 e. The van der Waals surface area contributed by atoms with Crippen LogP contribution in [0.25, 0.3) is 0 Å².